The molecule has 1 N–H and O–H groups in total. The van der Waals surface area contributed by atoms with Crippen LogP contribution in [0.4, 0.5) is 15.8 Å². The molecule has 148 valence electrons. The normalized spacial score (nSPS) is 10.7. The smallest absolute Gasteiger partial charge is 0.258 e. The molecule has 0 radical (unpaired) electrons. The number of amides is 2. The molecule has 0 aliphatic carbocycles. The molecule has 0 aliphatic heterocycles. The van der Waals surface area contributed by atoms with Crippen LogP contribution in [0, 0.1) is 5.82 Å². The fraction of sp³-hybridized carbons (Fsp3) is 0.130. The first-order valence-electron chi connectivity index (χ1n) is 9.12. The Balaban J connectivity index is 1.98. The van der Waals surface area contributed by atoms with Gasteiger partial charge in [-0.25, -0.2) is 4.39 Å². The SMILES string of the molecule is CC(C)N(C(=O)c1ccccc1)c1ccc(Cl)cc1NC(=O)c1ccc(F)cc1. The number of hydrogen-bond donors (Lipinski definition) is 1. The van der Waals surface area contributed by atoms with Crippen molar-refractivity contribution in [2.24, 2.45) is 0 Å². The lowest BCUT2D eigenvalue weighted by atomic mass is 10.1. The van der Waals surface area contributed by atoms with E-state index in [4.69, 9.17) is 11.6 Å². The first-order valence-corrected chi connectivity index (χ1v) is 9.49. The lowest BCUT2D eigenvalue weighted by Crippen LogP contribution is -2.37. The number of rotatable bonds is 5. The van der Waals surface area contributed by atoms with Gasteiger partial charge in [0.05, 0.1) is 11.4 Å². The fourth-order valence-electron chi connectivity index (χ4n) is 2.96. The van der Waals surface area contributed by atoms with Crippen LogP contribution in [-0.2, 0) is 0 Å². The zero-order valence-corrected chi connectivity index (χ0v) is 16.8. The average Bonchev–Trinajstić information content (AvgIpc) is 2.70. The highest BCUT2D eigenvalue weighted by atomic mass is 35.5. The van der Waals surface area contributed by atoms with Crippen molar-refractivity contribution in [1.82, 2.24) is 0 Å². The van der Waals surface area contributed by atoms with Crippen LogP contribution in [0.5, 0.6) is 0 Å². The van der Waals surface area contributed by atoms with Gasteiger partial charge in [-0.3, -0.25) is 9.59 Å². The zero-order chi connectivity index (χ0) is 21.0. The van der Waals surface area contributed by atoms with E-state index in [0.717, 1.165) is 0 Å². The molecule has 0 aliphatic rings. The van der Waals surface area contributed by atoms with Gasteiger partial charge in [0.1, 0.15) is 5.82 Å². The third kappa shape index (κ3) is 4.81. The van der Waals surface area contributed by atoms with Crippen molar-refractivity contribution < 1.29 is 14.0 Å². The Morgan fingerprint density at radius 2 is 1.59 bits per heavy atom. The minimum absolute atomic E-state index is 0.176. The quantitative estimate of drug-likeness (QED) is 0.579. The van der Waals surface area contributed by atoms with Gasteiger partial charge in [0.25, 0.3) is 11.8 Å². The van der Waals surface area contributed by atoms with Crippen LogP contribution in [-0.4, -0.2) is 17.9 Å². The maximum atomic E-state index is 13.2. The summed E-state index contributed by atoms with van der Waals surface area (Å²) in [5, 5.41) is 3.20. The van der Waals surface area contributed by atoms with Gasteiger partial charge in [0, 0.05) is 22.2 Å². The molecule has 0 spiro atoms. The Morgan fingerprint density at radius 1 is 0.931 bits per heavy atom. The van der Waals surface area contributed by atoms with Gasteiger partial charge < -0.3 is 10.2 Å². The molecule has 0 unspecified atom stereocenters. The van der Waals surface area contributed by atoms with Crippen molar-refractivity contribution >= 4 is 34.8 Å². The number of benzene rings is 3. The largest absolute Gasteiger partial charge is 0.320 e. The molecule has 0 fully saturated rings. The van der Waals surface area contributed by atoms with Crippen molar-refractivity contribution in [1.29, 1.82) is 0 Å². The van der Waals surface area contributed by atoms with Crippen molar-refractivity contribution in [3.63, 3.8) is 0 Å². The molecule has 3 aromatic carbocycles. The molecule has 3 rings (SSSR count). The summed E-state index contributed by atoms with van der Waals surface area (Å²) in [6, 6.07) is 18.9. The third-order valence-corrected chi connectivity index (χ3v) is 4.56. The second-order valence-corrected chi connectivity index (χ2v) is 7.19. The van der Waals surface area contributed by atoms with Gasteiger partial charge in [-0.15, -0.1) is 0 Å². The summed E-state index contributed by atoms with van der Waals surface area (Å²) in [5.41, 5.74) is 1.74. The van der Waals surface area contributed by atoms with E-state index in [1.165, 1.54) is 24.3 Å². The van der Waals surface area contributed by atoms with Gasteiger partial charge >= 0.3 is 0 Å². The van der Waals surface area contributed by atoms with Crippen LogP contribution in [0.25, 0.3) is 0 Å². The van der Waals surface area contributed by atoms with E-state index in [1.54, 1.807) is 47.4 Å². The van der Waals surface area contributed by atoms with Gasteiger partial charge in [-0.05, 0) is 68.4 Å². The average molecular weight is 411 g/mol. The molecule has 29 heavy (non-hydrogen) atoms. The zero-order valence-electron chi connectivity index (χ0n) is 16.0. The van der Waals surface area contributed by atoms with E-state index in [2.05, 4.69) is 5.32 Å². The second-order valence-electron chi connectivity index (χ2n) is 6.76. The summed E-state index contributed by atoms with van der Waals surface area (Å²) < 4.78 is 13.1. The molecule has 6 heteroatoms. The number of anilines is 2. The van der Waals surface area contributed by atoms with E-state index in [-0.39, 0.29) is 11.9 Å². The number of halogens is 2. The predicted molar refractivity (Wildman–Crippen MR) is 114 cm³/mol. The Kier molecular flexibility index (Phi) is 6.29. The van der Waals surface area contributed by atoms with E-state index < -0.39 is 11.7 Å². The van der Waals surface area contributed by atoms with Gasteiger partial charge in [0.15, 0.2) is 0 Å². The molecular formula is C23H20ClFN2O2. The maximum absolute atomic E-state index is 13.2. The number of hydrogen-bond acceptors (Lipinski definition) is 2. The third-order valence-electron chi connectivity index (χ3n) is 4.33. The predicted octanol–water partition coefficient (Wildman–Crippen LogP) is 5.79. The summed E-state index contributed by atoms with van der Waals surface area (Å²) in [6.45, 7) is 3.78. The highest BCUT2D eigenvalue weighted by Gasteiger charge is 2.24. The molecular weight excluding hydrogens is 391 g/mol. The number of nitrogens with zero attached hydrogens (tertiary/aromatic N) is 1. The molecule has 4 nitrogen and oxygen atoms in total. The minimum atomic E-state index is -0.426. The Hall–Kier alpha value is -3.18. The Labute approximate surface area is 173 Å². The fourth-order valence-corrected chi connectivity index (χ4v) is 3.13. The van der Waals surface area contributed by atoms with E-state index in [0.29, 0.717) is 27.5 Å². The number of carbonyl (C=O) groups is 2. The molecule has 0 aromatic heterocycles. The maximum Gasteiger partial charge on any atom is 0.258 e. The Morgan fingerprint density at radius 3 is 2.21 bits per heavy atom. The summed E-state index contributed by atoms with van der Waals surface area (Å²) in [4.78, 5) is 27.4. The summed E-state index contributed by atoms with van der Waals surface area (Å²) >= 11 is 6.14. The highest BCUT2D eigenvalue weighted by molar-refractivity contribution is 6.31. The highest BCUT2D eigenvalue weighted by Crippen LogP contribution is 2.32. The van der Waals surface area contributed by atoms with Crippen LogP contribution >= 0.6 is 11.6 Å². The van der Waals surface area contributed by atoms with Crippen LogP contribution < -0.4 is 10.2 Å². The van der Waals surface area contributed by atoms with Gasteiger partial charge in [-0.2, -0.15) is 0 Å². The minimum Gasteiger partial charge on any atom is -0.320 e. The molecule has 3 aromatic rings. The van der Waals surface area contributed by atoms with Crippen molar-refractivity contribution in [2.45, 2.75) is 19.9 Å². The number of nitrogens with one attached hydrogen (secondary N) is 1. The number of carbonyl (C=O) groups excluding carboxylic acids is 2. The standard InChI is InChI=1S/C23H20ClFN2O2/c1-15(2)27(23(29)17-6-4-3-5-7-17)21-13-10-18(24)14-20(21)26-22(28)16-8-11-19(25)12-9-16/h3-15H,1-2H3,(H,26,28). The molecule has 0 saturated heterocycles. The second kappa shape index (κ2) is 8.88. The van der Waals surface area contributed by atoms with E-state index >= 15 is 0 Å². The van der Waals surface area contributed by atoms with E-state index in [9.17, 15) is 14.0 Å². The van der Waals surface area contributed by atoms with E-state index in [1.807, 2.05) is 19.9 Å². The van der Waals surface area contributed by atoms with Crippen LogP contribution in [0.3, 0.4) is 0 Å². The van der Waals surface area contributed by atoms with Crippen LogP contribution in [0.15, 0.2) is 72.8 Å². The first-order chi connectivity index (χ1) is 13.9. The van der Waals surface area contributed by atoms with Gasteiger partial charge in [0.2, 0.25) is 0 Å². The summed E-state index contributed by atoms with van der Waals surface area (Å²) in [6.07, 6.45) is 0. The summed E-state index contributed by atoms with van der Waals surface area (Å²) in [5.74, 6) is -1.05. The van der Waals surface area contributed by atoms with Crippen LogP contribution in [0.2, 0.25) is 5.02 Å². The van der Waals surface area contributed by atoms with Crippen molar-refractivity contribution in [3.8, 4) is 0 Å². The van der Waals surface area contributed by atoms with Crippen molar-refractivity contribution in [3.05, 3.63) is 94.8 Å². The topological polar surface area (TPSA) is 49.4 Å². The monoisotopic (exact) mass is 410 g/mol. The molecule has 0 atom stereocenters. The Bertz CT molecular complexity index is 1020. The lowest BCUT2D eigenvalue weighted by molar-refractivity contribution is 0.0977. The van der Waals surface area contributed by atoms with Crippen LogP contribution in [0.1, 0.15) is 34.6 Å². The lowest BCUT2D eigenvalue weighted by Gasteiger charge is -2.29. The van der Waals surface area contributed by atoms with Crippen molar-refractivity contribution in [2.75, 3.05) is 10.2 Å². The molecule has 0 bridgehead atoms. The summed E-state index contributed by atoms with van der Waals surface area (Å²) in [7, 11) is 0. The molecule has 0 heterocycles. The van der Waals surface area contributed by atoms with Gasteiger partial charge in [-0.1, -0.05) is 29.8 Å². The molecule has 0 saturated carbocycles. The first kappa shape index (κ1) is 20.6. The molecule has 2 amide bonds.